The van der Waals surface area contributed by atoms with Crippen molar-refractivity contribution < 1.29 is 23.9 Å². The van der Waals surface area contributed by atoms with Gasteiger partial charge in [0.05, 0.1) is 6.04 Å². The van der Waals surface area contributed by atoms with Crippen LogP contribution in [0, 0.1) is 5.82 Å². The first-order valence-electron chi connectivity index (χ1n) is 10.1. The first kappa shape index (κ1) is 20.9. The van der Waals surface area contributed by atoms with Gasteiger partial charge >= 0.3 is 0 Å². The van der Waals surface area contributed by atoms with E-state index in [0.29, 0.717) is 25.2 Å². The SMILES string of the molecule is CN(C)C(=O)CC1Cn2c3c(c(O)c2C(=O)N1C)C(=O)N(Cc1ccc(F)cc1)CC3. The molecule has 0 bridgehead atoms. The number of hydrogen-bond donors (Lipinski definition) is 1. The van der Waals surface area contributed by atoms with Crippen molar-refractivity contribution in [3.05, 3.63) is 52.6 Å². The second kappa shape index (κ2) is 7.72. The number of amides is 3. The maximum absolute atomic E-state index is 13.2. The molecule has 8 nitrogen and oxygen atoms in total. The van der Waals surface area contributed by atoms with E-state index in [9.17, 15) is 23.9 Å². The van der Waals surface area contributed by atoms with Gasteiger partial charge in [0.25, 0.3) is 11.8 Å². The molecule has 0 radical (unpaired) electrons. The topological polar surface area (TPSA) is 86.1 Å². The predicted molar refractivity (Wildman–Crippen MR) is 110 cm³/mol. The molecule has 0 fully saturated rings. The van der Waals surface area contributed by atoms with E-state index < -0.39 is 5.91 Å². The maximum Gasteiger partial charge on any atom is 0.274 e. The molecule has 3 heterocycles. The Balaban J connectivity index is 1.64. The largest absolute Gasteiger partial charge is 0.505 e. The van der Waals surface area contributed by atoms with Crippen LogP contribution in [0.4, 0.5) is 4.39 Å². The Kier molecular flexibility index (Phi) is 5.20. The maximum atomic E-state index is 13.2. The number of carbonyl (C=O) groups excluding carboxylic acids is 3. The minimum absolute atomic E-state index is 0.0954. The van der Waals surface area contributed by atoms with E-state index >= 15 is 0 Å². The molecule has 164 valence electrons. The van der Waals surface area contributed by atoms with Gasteiger partial charge < -0.3 is 24.4 Å². The van der Waals surface area contributed by atoms with Crippen molar-refractivity contribution in [3.8, 4) is 5.75 Å². The van der Waals surface area contributed by atoms with Crippen LogP contribution in [0.5, 0.6) is 5.75 Å². The second-order valence-corrected chi connectivity index (χ2v) is 8.29. The summed E-state index contributed by atoms with van der Waals surface area (Å²) in [6.45, 7) is 1.04. The molecule has 4 rings (SSSR count). The number of fused-ring (bicyclic) bond motifs is 3. The van der Waals surface area contributed by atoms with Crippen LogP contribution in [-0.4, -0.2) is 75.8 Å². The quantitative estimate of drug-likeness (QED) is 0.799. The summed E-state index contributed by atoms with van der Waals surface area (Å²) in [6.07, 6.45) is 0.633. The number of rotatable bonds is 4. The Hall–Kier alpha value is -3.36. The Labute approximate surface area is 179 Å². The first-order valence-corrected chi connectivity index (χ1v) is 10.1. The average Bonchev–Trinajstić information content (AvgIpc) is 3.01. The Morgan fingerprint density at radius 3 is 2.52 bits per heavy atom. The Bertz CT molecular complexity index is 1060. The van der Waals surface area contributed by atoms with Gasteiger partial charge in [-0.1, -0.05) is 12.1 Å². The van der Waals surface area contributed by atoms with Crippen molar-refractivity contribution in [3.63, 3.8) is 0 Å². The van der Waals surface area contributed by atoms with Gasteiger partial charge in [-0.15, -0.1) is 0 Å². The molecule has 3 amide bonds. The van der Waals surface area contributed by atoms with Gasteiger partial charge in [0.1, 0.15) is 11.4 Å². The number of carbonyl (C=O) groups is 3. The number of aromatic nitrogens is 1. The summed E-state index contributed by atoms with van der Waals surface area (Å²) in [4.78, 5) is 42.9. The van der Waals surface area contributed by atoms with Crippen molar-refractivity contribution in [2.75, 3.05) is 27.7 Å². The van der Waals surface area contributed by atoms with Gasteiger partial charge in [-0.25, -0.2) is 4.39 Å². The molecule has 0 spiro atoms. The first-order chi connectivity index (χ1) is 14.7. The average molecular weight is 428 g/mol. The molecule has 9 heteroatoms. The van der Waals surface area contributed by atoms with E-state index in [0.717, 1.165) is 5.56 Å². The van der Waals surface area contributed by atoms with E-state index in [1.807, 2.05) is 0 Å². The van der Waals surface area contributed by atoms with Crippen LogP contribution < -0.4 is 0 Å². The molecular weight excluding hydrogens is 403 g/mol. The van der Waals surface area contributed by atoms with Gasteiger partial charge in [-0.05, 0) is 17.7 Å². The highest BCUT2D eigenvalue weighted by Crippen LogP contribution is 2.38. The molecule has 31 heavy (non-hydrogen) atoms. The van der Waals surface area contributed by atoms with Crippen LogP contribution in [-0.2, 0) is 24.3 Å². The van der Waals surface area contributed by atoms with Crippen LogP contribution in [0.2, 0.25) is 0 Å². The zero-order chi connectivity index (χ0) is 22.4. The molecule has 1 aromatic heterocycles. The zero-order valence-corrected chi connectivity index (χ0v) is 17.8. The summed E-state index contributed by atoms with van der Waals surface area (Å²) < 4.78 is 14.9. The minimum atomic E-state index is -0.410. The van der Waals surface area contributed by atoms with Crippen molar-refractivity contribution in [2.45, 2.75) is 32.0 Å². The third kappa shape index (κ3) is 3.54. The molecule has 0 aliphatic carbocycles. The third-order valence-corrected chi connectivity index (χ3v) is 6.12. The van der Waals surface area contributed by atoms with Gasteiger partial charge in [0.2, 0.25) is 5.91 Å². The number of hydrogen-bond acceptors (Lipinski definition) is 4. The van der Waals surface area contributed by atoms with Crippen molar-refractivity contribution >= 4 is 17.7 Å². The molecule has 2 aliphatic rings. The number of likely N-dealkylation sites (N-methyl/N-ethyl adjacent to an activating group) is 1. The lowest BCUT2D eigenvalue weighted by Crippen LogP contribution is -2.48. The van der Waals surface area contributed by atoms with Crippen LogP contribution in [0.15, 0.2) is 24.3 Å². The van der Waals surface area contributed by atoms with Gasteiger partial charge in [-0.2, -0.15) is 0 Å². The molecule has 2 aliphatic heterocycles. The highest BCUT2D eigenvalue weighted by molar-refractivity contribution is 6.06. The highest BCUT2D eigenvalue weighted by Gasteiger charge is 2.41. The van der Waals surface area contributed by atoms with Gasteiger partial charge in [0.15, 0.2) is 11.4 Å². The van der Waals surface area contributed by atoms with Gasteiger partial charge in [0, 0.05) is 59.3 Å². The fraction of sp³-hybridized carbons (Fsp3) is 0.409. The minimum Gasteiger partial charge on any atom is -0.505 e. The van der Waals surface area contributed by atoms with E-state index in [2.05, 4.69) is 0 Å². The molecule has 1 unspecified atom stereocenters. The standard InChI is InChI=1S/C22H25FN4O4/c1-24(2)17(28)10-15-12-27-16-8-9-26(11-13-4-6-14(23)7-5-13)21(30)18(16)20(29)19(27)22(31)25(15)3/h4-7,15,29H,8-12H2,1-3H3. The van der Waals surface area contributed by atoms with Crippen LogP contribution in [0.3, 0.4) is 0 Å². The fourth-order valence-electron chi connectivity index (χ4n) is 4.27. The summed E-state index contributed by atoms with van der Waals surface area (Å²) in [7, 11) is 4.93. The number of nitrogens with zero attached hydrogens (tertiary/aromatic N) is 4. The monoisotopic (exact) mass is 428 g/mol. The van der Waals surface area contributed by atoms with Crippen molar-refractivity contribution in [1.29, 1.82) is 0 Å². The fourth-order valence-corrected chi connectivity index (χ4v) is 4.27. The third-order valence-electron chi connectivity index (χ3n) is 6.12. The zero-order valence-electron chi connectivity index (χ0n) is 17.8. The number of halogens is 1. The summed E-state index contributed by atoms with van der Waals surface area (Å²) in [5.74, 6) is -1.52. The molecule has 0 saturated carbocycles. The summed E-state index contributed by atoms with van der Waals surface area (Å²) in [6, 6.07) is 5.56. The molecule has 2 aromatic rings. The normalized spacial score (nSPS) is 18.1. The molecule has 1 atom stereocenters. The van der Waals surface area contributed by atoms with Gasteiger partial charge in [-0.3, -0.25) is 14.4 Å². The highest BCUT2D eigenvalue weighted by atomic mass is 19.1. The van der Waals surface area contributed by atoms with Crippen molar-refractivity contribution in [2.24, 2.45) is 0 Å². The summed E-state index contributed by atoms with van der Waals surface area (Å²) in [5.41, 5.74) is 1.64. The smallest absolute Gasteiger partial charge is 0.274 e. The van der Waals surface area contributed by atoms with Crippen molar-refractivity contribution in [1.82, 2.24) is 19.3 Å². The van der Waals surface area contributed by atoms with E-state index in [-0.39, 0.29) is 53.6 Å². The predicted octanol–water partition coefficient (Wildman–Crippen LogP) is 1.46. The molecule has 1 N–H and O–H groups in total. The summed E-state index contributed by atoms with van der Waals surface area (Å²) >= 11 is 0. The van der Waals surface area contributed by atoms with Crippen LogP contribution in [0.1, 0.15) is 38.5 Å². The Morgan fingerprint density at radius 2 is 1.87 bits per heavy atom. The lowest BCUT2D eigenvalue weighted by molar-refractivity contribution is -0.129. The lowest BCUT2D eigenvalue weighted by atomic mass is 10.0. The summed E-state index contributed by atoms with van der Waals surface area (Å²) in [5, 5.41) is 10.8. The van der Waals surface area contributed by atoms with E-state index in [4.69, 9.17) is 0 Å². The Morgan fingerprint density at radius 1 is 1.19 bits per heavy atom. The second-order valence-electron chi connectivity index (χ2n) is 8.29. The molecule has 0 saturated heterocycles. The van der Waals surface area contributed by atoms with Crippen LogP contribution in [0.25, 0.3) is 0 Å². The number of aromatic hydroxyl groups is 1. The lowest BCUT2D eigenvalue weighted by Gasteiger charge is -2.35. The molecular formula is C22H25FN4O4. The van der Waals surface area contributed by atoms with E-state index in [1.165, 1.54) is 21.9 Å². The number of benzene rings is 1. The van der Waals surface area contributed by atoms with Crippen LogP contribution >= 0.6 is 0 Å². The van der Waals surface area contributed by atoms with E-state index in [1.54, 1.807) is 42.7 Å². The molecule has 1 aromatic carbocycles.